The minimum absolute atomic E-state index is 0.231. The van der Waals surface area contributed by atoms with Crippen molar-refractivity contribution in [2.75, 3.05) is 5.32 Å². The van der Waals surface area contributed by atoms with Gasteiger partial charge in [0.05, 0.1) is 12.7 Å². The summed E-state index contributed by atoms with van der Waals surface area (Å²) in [4.78, 5) is 24.0. The van der Waals surface area contributed by atoms with Crippen molar-refractivity contribution in [1.29, 1.82) is 0 Å². The highest BCUT2D eigenvalue weighted by atomic mass is 79.9. The van der Waals surface area contributed by atoms with Crippen LogP contribution in [0.15, 0.2) is 64.1 Å². The summed E-state index contributed by atoms with van der Waals surface area (Å²) in [5.74, 6) is 0.226. The molecule has 122 valence electrons. The molecule has 1 aromatic carbocycles. The second kappa shape index (κ2) is 6.84. The Morgan fingerprint density at radius 3 is 2.83 bits per heavy atom. The molecule has 0 radical (unpaired) electrons. The molecular weight excluding hydrogens is 372 g/mol. The number of halogens is 1. The van der Waals surface area contributed by atoms with Gasteiger partial charge in [0.25, 0.3) is 11.5 Å². The van der Waals surface area contributed by atoms with Crippen LogP contribution in [0.3, 0.4) is 0 Å². The minimum Gasteiger partial charge on any atom is -0.319 e. The summed E-state index contributed by atoms with van der Waals surface area (Å²) in [5.41, 5.74) is 1.13. The Labute approximate surface area is 146 Å². The van der Waals surface area contributed by atoms with Gasteiger partial charge in [-0.15, -0.1) is 0 Å². The monoisotopic (exact) mass is 386 g/mol. The summed E-state index contributed by atoms with van der Waals surface area (Å²) in [6.07, 6.45) is 3.19. The summed E-state index contributed by atoms with van der Waals surface area (Å²) in [6, 6.07) is 12.5. The van der Waals surface area contributed by atoms with Gasteiger partial charge in [0, 0.05) is 35.4 Å². The topological polar surface area (TPSA) is 68.9 Å². The first-order valence-electron chi connectivity index (χ1n) is 7.27. The number of anilines is 1. The Morgan fingerprint density at radius 1 is 1.25 bits per heavy atom. The predicted molar refractivity (Wildman–Crippen MR) is 95.1 cm³/mol. The molecule has 6 nitrogen and oxygen atoms in total. The Kier molecular flexibility index (Phi) is 4.61. The summed E-state index contributed by atoms with van der Waals surface area (Å²) in [6.45, 7) is 0.526. The number of carbonyl (C=O) groups excluding carboxylic acids is 1. The van der Waals surface area contributed by atoms with Crippen molar-refractivity contribution in [3.8, 4) is 0 Å². The Hall–Kier alpha value is -2.67. The molecule has 0 aliphatic rings. The van der Waals surface area contributed by atoms with Crippen molar-refractivity contribution in [3.05, 3.63) is 80.8 Å². The van der Waals surface area contributed by atoms with E-state index in [1.54, 1.807) is 36.3 Å². The van der Waals surface area contributed by atoms with Gasteiger partial charge in [0.15, 0.2) is 0 Å². The van der Waals surface area contributed by atoms with E-state index in [9.17, 15) is 9.59 Å². The second-order valence-corrected chi connectivity index (χ2v) is 6.24. The number of nitrogens with zero attached hydrogens (tertiary/aromatic N) is 3. The molecule has 0 aliphatic carbocycles. The van der Waals surface area contributed by atoms with E-state index in [1.165, 1.54) is 10.6 Å². The molecule has 0 bridgehead atoms. The normalized spacial score (nSPS) is 10.6. The van der Waals surface area contributed by atoms with Crippen LogP contribution in [0.1, 0.15) is 15.9 Å². The first-order chi connectivity index (χ1) is 11.5. The van der Waals surface area contributed by atoms with Crippen molar-refractivity contribution < 1.29 is 4.79 Å². The molecular formula is C17H15BrN4O2. The molecule has 0 aliphatic heterocycles. The highest BCUT2D eigenvalue weighted by Crippen LogP contribution is 2.15. The Morgan fingerprint density at radius 2 is 2.08 bits per heavy atom. The number of rotatable bonds is 4. The van der Waals surface area contributed by atoms with Gasteiger partial charge in [-0.1, -0.05) is 28.1 Å². The maximum atomic E-state index is 12.3. The van der Waals surface area contributed by atoms with E-state index in [1.807, 2.05) is 24.3 Å². The molecule has 2 aromatic heterocycles. The van der Waals surface area contributed by atoms with E-state index in [2.05, 4.69) is 26.3 Å². The van der Waals surface area contributed by atoms with E-state index in [0.29, 0.717) is 17.9 Å². The Bertz CT molecular complexity index is 946. The minimum atomic E-state index is -0.344. The standard InChI is InChI=1S/C17H15BrN4O2/c1-21-8-6-13(10-16(21)23)17(24)20-15-5-7-19-22(15)11-12-3-2-4-14(18)9-12/h2-10H,11H2,1H3,(H,20,24). The number of hydrogen-bond acceptors (Lipinski definition) is 3. The van der Waals surface area contributed by atoms with Gasteiger partial charge >= 0.3 is 0 Å². The molecule has 0 unspecified atom stereocenters. The number of nitrogens with one attached hydrogen (secondary N) is 1. The number of aryl methyl sites for hydroxylation is 1. The first kappa shape index (κ1) is 16.2. The average molecular weight is 387 g/mol. The molecule has 0 fully saturated rings. The lowest BCUT2D eigenvalue weighted by Gasteiger charge is -2.09. The van der Waals surface area contributed by atoms with Gasteiger partial charge in [0.1, 0.15) is 5.82 Å². The van der Waals surface area contributed by atoms with E-state index < -0.39 is 0 Å². The molecule has 3 aromatic rings. The molecule has 3 rings (SSSR count). The number of hydrogen-bond donors (Lipinski definition) is 1. The predicted octanol–water partition coefficient (Wildman–Crippen LogP) is 2.64. The molecule has 0 saturated carbocycles. The van der Waals surface area contributed by atoms with E-state index in [0.717, 1.165) is 10.0 Å². The fraction of sp³-hybridized carbons (Fsp3) is 0.118. The van der Waals surface area contributed by atoms with Crippen LogP contribution >= 0.6 is 15.9 Å². The molecule has 1 amide bonds. The smallest absolute Gasteiger partial charge is 0.257 e. The van der Waals surface area contributed by atoms with Crippen LogP contribution in [-0.4, -0.2) is 20.3 Å². The molecule has 2 heterocycles. The van der Waals surface area contributed by atoms with Gasteiger partial charge in [-0.05, 0) is 23.8 Å². The zero-order valence-electron chi connectivity index (χ0n) is 12.9. The van der Waals surface area contributed by atoms with Gasteiger partial charge < -0.3 is 9.88 Å². The number of aromatic nitrogens is 3. The van der Waals surface area contributed by atoms with Crippen LogP contribution in [0.4, 0.5) is 5.82 Å². The van der Waals surface area contributed by atoms with Crippen molar-refractivity contribution >= 4 is 27.7 Å². The third kappa shape index (κ3) is 3.62. The van der Waals surface area contributed by atoms with E-state index >= 15 is 0 Å². The third-order valence-electron chi connectivity index (χ3n) is 3.55. The average Bonchev–Trinajstić information content (AvgIpc) is 2.97. The Balaban J connectivity index is 1.79. The van der Waals surface area contributed by atoms with Crippen molar-refractivity contribution in [1.82, 2.24) is 14.3 Å². The van der Waals surface area contributed by atoms with Crippen molar-refractivity contribution in [2.45, 2.75) is 6.54 Å². The largest absolute Gasteiger partial charge is 0.319 e. The molecule has 0 atom stereocenters. The quantitative estimate of drug-likeness (QED) is 0.749. The highest BCUT2D eigenvalue weighted by molar-refractivity contribution is 9.10. The van der Waals surface area contributed by atoms with Crippen LogP contribution < -0.4 is 10.9 Å². The third-order valence-corrected chi connectivity index (χ3v) is 4.04. The van der Waals surface area contributed by atoms with Crippen LogP contribution in [0.5, 0.6) is 0 Å². The molecule has 0 spiro atoms. The van der Waals surface area contributed by atoms with E-state index in [-0.39, 0.29) is 11.5 Å². The lowest BCUT2D eigenvalue weighted by atomic mass is 10.2. The number of benzene rings is 1. The lowest BCUT2D eigenvalue weighted by molar-refractivity contribution is 0.102. The fourth-order valence-corrected chi connectivity index (χ4v) is 2.70. The van der Waals surface area contributed by atoms with Gasteiger partial charge in [-0.2, -0.15) is 5.10 Å². The number of carbonyl (C=O) groups is 1. The lowest BCUT2D eigenvalue weighted by Crippen LogP contribution is -2.21. The number of pyridine rings is 1. The zero-order valence-corrected chi connectivity index (χ0v) is 14.5. The highest BCUT2D eigenvalue weighted by Gasteiger charge is 2.11. The SMILES string of the molecule is Cn1ccc(C(=O)Nc2ccnn2Cc2cccc(Br)c2)cc1=O. The van der Waals surface area contributed by atoms with Crippen LogP contribution in [0, 0.1) is 0 Å². The van der Waals surface area contributed by atoms with Crippen molar-refractivity contribution in [3.63, 3.8) is 0 Å². The summed E-state index contributed by atoms with van der Waals surface area (Å²) < 4.78 is 4.09. The first-order valence-corrected chi connectivity index (χ1v) is 8.06. The zero-order chi connectivity index (χ0) is 17.1. The summed E-state index contributed by atoms with van der Waals surface area (Å²) in [7, 11) is 1.64. The van der Waals surface area contributed by atoms with E-state index in [4.69, 9.17) is 0 Å². The van der Waals surface area contributed by atoms with Crippen LogP contribution in [0.25, 0.3) is 0 Å². The van der Waals surface area contributed by atoms with Crippen LogP contribution in [-0.2, 0) is 13.6 Å². The van der Waals surface area contributed by atoms with Crippen LogP contribution in [0.2, 0.25) is 0 Å². The van der Waals surface area contributed by atoms with Gasteiger partial charge in [-0.25, -0.2) is 4.68 Å². The fourth-order valence-electron chi connectivity index (χ4n) is 2.25. The second-order valence-electron chi connectivity index (χ2n) is 5.32. The molecule has 24 heavy (non-hydrogen) atoms. The van der Waals surface area contributed by atoms with Crippen molar-refractivity contribution in [2.24, 2.45) is 7.05 Å². The maximum Gasteiger partial charge on any atom is 0.257 e. The maximum absolute atomic E-state index is 12.3. The molecule has 7 heteroatoms. The van der Waals surface area contributed by atoms with Gasteiger partial charge in [-0.3, -0.25) is 9.59 Å². The summed E-state index contributed by atoms with van der Waals surface area (Å²) >= 11 is 3.44. The molecule has 1 N–H and O–H groups in total. The van der Waals surface area contributed by atoms with Gasteiger partial charge in [0.2, 0.25) is 0 Å². The summed E-state index contributed by atoms with van der Waals surface area (Å²) in [5, 5.41) is 7.03. The molecule has 0 saturated heterocycles. The number of amides is 1.